The van der Waals surface area contributed by atoms with Gasteiger partial charge in [0.2, 0.25) is 10.0 Å². The minimum atomic E-state index is -3.53. The van der Waals surface area contributed by atoms with Gasteiger partial charge in [-0.2, -0.15) is 4.31 Å². The number of aryl methyl sites for hydroxylation is 4. The van der Waals surface area contributed by atoms with Gasteiger partial charge in [-0.1, -0.05) is 18.1 Å². The fraction of sp³-hybridized carbons (Fsp3) is 0.500. The predicted molar refractivity (Wildman–Crippen MR) is 92.4 cm³/mol. The number of rotatable bonds is 4. The maximum absolute atomic E-state index is 13.2. The van der Waals surface area contributed by atoms with Gasteiger partial charge in [-0.05, 0) is 56.9 Å². The highest BCUT2D eigenvalue weighted by atomic mass is 32.2. The van der Waals surface area contributed by atoms with Gasteiger partial charge in [0.1, 0.15) is 5.76 Å². The van der Waals surface area contributed by atoms with E-state index in [0.717, 1.165) is 41.0 Å². The number of hydrogen-bond donors (Lipinski definition) is 0. The zero-order valence-corrected chi connectivity index (χ0v) is 15.5. The number of nitrogens with zero attached hydrogens (tertiary/aromatic N) is 2. The number of aromatic nitrogens is 1. The predicted octanol–water partition coefficient (Wildman–Crippen LogP) is 3.69. The second-order valence-corrected chi connectivity index (χ2v) is 8.37. The van der Waals surface area contributed by atoms with Crippen molar-refractivity contribution < 1.29 is 12.9 Å². The van der Waals surface area contributed by atoms with Gasteiger partial charge < -0.3 is 4.52 Å². The number of hydrogen-bond acceptors (Lipinski definition) is 4. The Balaban J connectivity index is 2.03. The molecule has 0 bridgehead atoms. The first-order valence-corrected chi connectivity index (χ1v) is 9.84. The fourth-order valence-electron chi connectivity index (χ4n) is 3.43. The van der Waals surface area contributed by atoms with E-state index in [2.05, 4.69) is 5.16 Å². The molecule has 1 aliphatic rings. The molecule has 0 aliphatic carbocycles. The molecule has 0 radical (unpaired) electrons. The summed E-state index contributed by atoms with van der Waals surface area (Å²) in [6.45, 7) is 8.35. The van der Waals surface area contributed by atoms with Gasteiger partial charge in [-0.25, -0.2) is 8.42 Å². The summed E-state index contributed by atoms with van der Waals surface area (Å²) in [5.74, 6) is 0.791. The zero-order valence-electron chi connectivity index (χ0n) is 14.7. The van der Waals surface area contributed by atoms with Crippen LogP contribution in [0.25, 0.3) is 0 Å². The van der Waals surface area contributed by atoms with E-state index in [1.54, 1.807) is 16.4 Å². The largest absolute Gasteiger partial charge is 0.361 e. The van der Waals surface area contributed by atoms with E-state index in [9.17, 15) is 8.42 Å². The molecule has 2 aromatic rings. The van der Waals surface area contributed by atoms with Crippen LogP contribution in [0, 0.1) is 20.8 Å². The molecule has 0 unspecified atom stereocenters. The van der Waals surface area contributed by atoms with E-state index in [0.29, 0.717) is 17.9 Å². The summed E-state index contributed by atoms with van der Waals surface area (Å²) in [7, 11) is -3.53. The minimum Gasteiger partial charge on any atom is -0.361 e. The molecule has 0 N–H and O–H groups in total. The average Bonchev–Trinajstić information content (AvgIpc) is 3.15. The van der Waals surface area contributed by atoms with Crippen molar-refractivity contribution in [3.63, 3.8) is 0 Å². The second-order valence-electron chi connectivity index (χ2n) is 6.48. The summed E-state index contributed by atoms with van der Waals surface area (Å²) >= 11 is 0. The summed E-state index contributed by atoms with van der Waals surface area (Å²) < 4.78 is 33.4. The number of benzene rings is 1. The topological polar surface area (TPSA) is 63.4 Å². The Bertz CT molecular complexity index is 855. The molecular formula is C18H24N2O3S. The van der Waals surface area contributed by atoms with Crippen molar-refractivity contribution in [2.75, 3.05) is 6.54 Å². The van der Waals surface area contributed by atoms with Gasteiger partial charge in [-0.15, -0.1) is 0 Å². The van der Waals surface area contributed by atoms with E-state index < -0.39 is 10.0 Å². The Morgan fingerprint density at radius 1 is 1.25 bits per heavy atom. The van der Waals surface area contributed by atoms with Crippen LogP contribution < -0.4 is 0 Å². The van der Waals surface area contributed by atoms with Gasteiger partial charge in [0, 0.05) is 18.5 Å². The lowest BCUT2D eigenvalue weighted by atomic mass is 10.0. The molecule has 24 heavy (non-hydrogen) atoms. The molecular weight excluding hydrogens is 324 g/mol. The summed E-state index contributed by atoms with van der Waals surface area (Å²) in [6, 6.07) is 5.16. The highest BCUT2D eigenvalue weighted by molar-refractivity contribution is 7.89. The van der Waals surface area contributed by atoms with Crippen molar-refractivity contribution in [2.24, 2.45) is 0 Å². The van der Waals surface area contributed by atoms with Crippen LogP contribution in [-0.4, -0.2) is 24.4 Å². The third-order valence-corrected chi connectivity index (χ3v) is 6.83. The highest BCUT2D eigenvalue weighted by Crippen LogP contribution is 2.39. The lowest BCUT2D eigenvalue weighted by Gasteiger charge is -2.24. The Kier molecular flexibility index (Phi) is 4.53. The summed E-state index contributed by atoms with van der Waals surface area (Å²) in [4.78, 5) is 0.365. The molecule has 2 heterocycles. The van der Waals surface area contributed by atoms with Crippen LogP contribution >= 0.6 is 0 Å². The maximum atomic E-state index is 13.2. The SMILES string of the molecule is CCc1onc(C)c1[C@H]1CCCN1S(=O)(=O)c1ccc(C)c(C)c1. The van der Waals surface area contributed by atoms with Crippen LogP contribution in [0.4, 0.5) is 0 Å². The third kappa shape index (κ3) is 2.78. The molecule has 5 nitrogen and oxygen atoms in total. The van der Waals surface area contributed by atoms with Crippen molar-refractivity contribution in [3.05, 3.63) is 46.3 Å². The molecule has 1 aromatic heterocycles. The molecule has 1 aliphatic heterocycles. The molecule has 6 heteroatoms. The third-order valence-electron chi connectivity index (χ3n) is 4.93. The lowest BCUT2D eigenvalue weighted by molar-refractivity contribution is 0.368. The molecule has 0 spiro atoms. The summed E-state index contributed by atoms with van der Waals surface area (Å²) in [5, 5.41) is 4.05. The molecule has 1 saturated heterocycles. The first-order chi connectivity index (χ1) is 11.4. The molecule has 0 amide bonds. The molecule has 3 rings (SSSR count). The quantitative estimate of drug-likeness (QED) is 0.845. The monoisotopic (exact) mass is 348 g/mol. The van der Waals surface area contributed by atoms with Crippen LogP contribution in [0.2, 0.25) is 0 Å². The maximum Gasteiger partial charge on any atom is 0.243 e. The summed E-state index contributed by atoms with van der Waals surface area (Å²) in [5.41, 5.74) is 3.82. The van der Waals surface area contributed by atoms with Crippen molar-refractivity contribution in [3.8, 4) is 0 Å². The van der Waals surface area contributed by atoms with Crippen LogP contribution in [0.3, 0.4) is 0 Å². The van der Waals surface area contributed by atoms with Gasteiger partial charge in [0.15, 0.2) is 0 Å². The summed E-state index contributed by atoms with van der Waals surface area (Å²) in [6.07, 6.45) is 2.37. The standard InChI is InChI=1S/C18H24N2O3S/c1-5-17-18(14(4)19-23-17)16-7-6-10-20(16)24(21,22)15-9-8-12(2)13(3)11-15/h8-9,11,16H,5-7,10H2,1-4H3/t16-/m1/s1. The number of sulfonamides is 1. The molecule has 1 aromatic carbocycles. The Labute approximate surface area is 143 Å². The minimum absolute atomic E-state index is 0.183. The van der Waals surface area contributed by atoms with Crippen LogP contribution in [0.5, 0.6) is 0 Å². The van der Waals surface area contributed by atoms with Crippen molar-refractivity contribution >= 4 is 10.0 Å². The smallest absolute Gasteiger partial charge is 0.243 e. The highest BCUT2D eigenvalue weighted by Gasteiger charge is 2.39. The van der Waals surface area contributed by atoms with Crippen molar-refractivity contribution in [2.45, 2.75) is 57.9 Å². The van der Waals surface area contributed by atoms with E-state index in [-0.39, 0.29) is 6.04 Å². The first kappa shape index (κ1) is 17.2. The molecule has 130 valence electrons. The van der Waals surface area contributed by atoms with Crippen molar-refractivity contribution in [1.29, 1.82) is 0 Å². The molecule has 1 fully saturated rings. The van der Waals surface area contributed by atoms with Gasteiger partial charge in [-0.3, -0.25) is 0 Å². The normalized spacial score (nSPS) is 19.1. The molecule has 0 saturated carbocycles. The zero-order chi connectivity index (χ0) is 17.5. The van der Waals surface area contributed by atoms with E-state index in [1.165, 1.54) is 0 Å². The van der Waals surface area contributed by atoms with Crippen LogP contribution in [0.1, 0.15) is 54.0 Å². The van der Waals surface area contributed by atoms with Crippen molar-refractivity contribution in [1.82, 2.24) is 9.46 Å². The fourth-order valence-corrected chi connectivity index (χ4v) is 5.18. The van der Waals surface area contributed by atoms with Gasteiger partial charge in [0.25, 0.3) is 0 Å². The van der Waals surface area contributed by atoms with Crippen LogP contribution in [-0.2, 0) is 16.4 Å². The van der Waals surface area contributed by atoms with Gasteiger partial charge >= 0.3 is 0 Å². The molecule has 1 atom stereocenters. The van der Waals surface area contributed by atoms with Gasteiger partial charge in [0.05, 0.1) is 16.6 Å². The lowest BCUT2D eigenvalue weighted by Crippen LogP contribution is -2.31. The van der Waals surface area contributed by atoms with E-state index in [1.807, 2.05) is 33.8 Å². The Hall–Kier alpha value is -1.66. The average molecular weight is 348 g/mol. The van der Waals surface area contributed by atoms with E-state index in [4.69, 9.17) is 4.52 Å². The Morgan fingerprint density at radius 2 is 2.00 bits per heavy atom. The second kappa shape index (κ2) is 6.33. The van der Waals surface area contributed by atoms with E-state index >= 15 is 0 Å². The van der Waals surface area contributed by atoms with Crippen LogP contribution in [0.15, 0.2) is 27.6 Å². The Morgan fingerprint density at radius 3 is 2.67 bits per heavy atom. The first-order valence-electron chi connectivity index (χ1n) is 8.40.